The van der Waals surface area contributed by atoms with E-state index in [1.54, 1.807) is 24.4 Å². The van der Waals surface area contributed by atoms with Crippen LogP contribution in [-0.2, 0) is 4.79 Å². The smallest absolute Gasteiger partial charge is 0.288 e. The van der Waals surface area contributed by atoms with Gasteiger partial charge in [0.05, 0.1) is 5.75 Å². The summed E-state index contributed by atoms with van der Waals surface area (Å²) in [6, 6.07) is 7.04. The molecule has 0 unspecified atom stereocenters. The van der Waals surface area contributed by atoms with Gasteiger partial charge in [0, 0.05) is 35.9 Å². The molecule has 9 heteroatoms. The molecule has 1 fully saturated rings. The van der Waals surface area contributed by atoms with Crippen LogP contribution in [0.5, 0.6) is 0 Å². The van der Waals surface area contributed by atoms with Crippen LogP contribution in [-0.4, -0.2) is 45.8 Å². The molecule has 0 atom stereocenters. The number of thiazole rings is 1. The van der Waals surface area contributed by atoms with Crippen LogP contribution in [0.1, 0.15) is 10.4 Å². The molecule has 2 heterocycles. The molecule has 3 amide bonds. The molecule has 0 saturated carbocycles. The number of carbonyl (C=O) groups is 3. The number of imide groups is 1. The van der Waals surface area contributed by atoms with E-state index in [0.717, 1.165) is 27.5 Å². The lowest BCUT2D eigenvalue weighted by molar-refractivity contribution is -0.124. The molecular weight excluding hydrogens is 348 g/mol. The molecule has 0 bridgehead atoms. The summed E-state index contributed by atoms with van der Waals surface area (Å²) in [7, 11) is 0. The summed E-state index contributed by atoms with van der Waals surface area (Å²) >= 11 is 2.45. The van der Waals surface area contributed by atoms with E-state index in [2.05, 4.69) is 15.6 Å². The maximum Gasteiger partial charge on any atom is 0.288 e. The number of nitrogens with one attached hydrogen (secondary N) is 2. The van der Waals surface area contributed by atoms with Crippen molar-refractivity contribution < 1.29 is 14.4 Å². The Labute approximate surface area is 146 Å². The number of thioether (sulfide) groups is 1. The van der Waals surface area contributed by atoms with Gasteiger partial charge in [-0.3, -0.25) is 19.3 Å². The highest BCUT2D eigenvalue weighted by molar-refractivity contribution is 8.14. The highest BCUT2D eigenvalue weighted by Gasteiger charge is 2.29. The molecule has 1 aliphatic rings. The molecule has 124 valence electrons. The van der Waals surface area contributed by atoms with Crippen molar-refractivity contribution in [2.24, 2.45) is 0 Å². The number of anilines is 2. The van der Waals surface area contributed by atoms with Crippen LogP contribution in [0.3, 0.4) is 0 Å². The Morgan fingerprint density at radius 3 is 2.92 bits per heavy atom. The number of aromatic nitrogens is 1. The van der Waals surface area contributed by atoms with Crippen LogP contribution in [0.25, 0.3) is 0 Å². The predicted molar refractivity (Wildman–Crippen MR) is 93.7 cm³/mol. The molecule has 0 radical (unpaired) electrons. The number of carbonyl (C=O) groups excluding carboxylic acids is 3. The summed E-state index contributed by atoms with van der Waals surface area (Å²) in [6.07, 6.45) is 1.70. The largest absolute Gasteiger partial charge is 0.350 e. The summed E-state index contributed by atoms with van der Waals surface area (Å²) in [4.78, 5) is 40.4. The second-order valence-electron chi connectivity index (χ2n) is 4.90. The lowest BCUT2D eigenvalue weighted by atomic mass is 10.2. The minimum Gasteiger partial charge on any atom is -0.350 e. The Morgan fingerprint density at radius 1 is 1.33 bits per heavy atom. The third kappa shape index (κ3) is 3.92. The molecule has 1 saturated heterocycles. The van der Waals surface area contributed by atoms with Gasteiger partial charge in [-0.25, -0.2) is 4.98 Å². The first-order valence-corrected chi connectivity index (χ1v) is 9.02. The van der Waals surface area contributed by atoms with Crippen molar-refractivity contribution in [1.82, 2.24) is 15.2 Å². The van der Waals surface area contributed by atoms with Gasteiger partial charge in [0.1, 0.15) is 0 Å². The first kappa shape index (κ1) is 16.5. The van der Waals surface area contributed by atoms with Crippen molar-refractivity contribution in [3.63, 3.8) is 0 Å². The van der Waals surface area contributed by atoms with Crippen LogP contribution >= 0.6 is 23.1 Å². The minimum absolute atomic E-state index is 0.178. The second kappa shape index (κ2) is 7.45. The van der Waals surface area contributed by atoms with E-state index in [-0.39, 0.29) is 35.9 Å². The molecule has 2 aromatic rings. The third-order valence-corrected chi connectivity index (χ3v) is 4.82. The standard InChI is InChI=1S/C15H14N4O3S2/c20-12-9-24-15(22)19(12)6-4-16-13(21)10-2-1-3-11(8-10)18-14-17-5-7-23-14/h1-3,5,7-8H,4,6,9H2,(H,16,21)(H,17,18). The predicted octanol–water partition coefficient (Wildman–Crippen LogP) is 2.31. The summed E-state index contributed by atoms with van der Waals surface area (Å²) in [5, 5.41) is 8.18. The fourth-order valence-corrected chi connectivity index (χ4v) is 3.43. The normalized spacial score (nSPS) is 14.1. The average molecular weight is 362 g/mol. The molecule has 7 nitrogen and oxygen atoms in total. The van der Waals surface area contributed by atoms with E-state index < -0.39 is 0 Å². The molecule has 1 aromatic carbocycles. The monoisotopic (exact) mass is 362 g/mol. The maximum absolute atomic E-state index is 12.2. The first-order valence-electron chi connectivity index (χ1n) is 7.15. The van der Waals surface area contributed by atoms with Crippen molar-refractivity contribution in [3.8, 4) is 0 Å². The highest BCUT2D eigenvalue weighted by Crippen LogP contribution is 2.20. The lowest BCUT2D eigenvalue weighted by Gasteiger charge is -2.13. The van der Waals surface area contributed by atoms with Gasteiger partial charge >= 0.3 is 0 Å². The van der Waals surface area contributed by atoms with E-state index in [9.17, 15) is 14.4 Å². The maximum atomic E-state index is 12.2. The molecule has 1 aromatic heterocycles. The van der Waals surface area contributed by atoms with Crippen LogP contribution in [0.15, 0.2) is 35.8 Å². The minimum atomic E-state index is -0.260. The van der Waals surface area contributed by atoms with E-state index in [1.807, 2.05) is 11.4 Å². The molecule has 0 spiro atoms. The summed E-state index contributed by atoms with van der Waals surface area (Å²) in [6.45, 7) is 0.411. The van der Waals surface area contributed by atoms with Gasteiger partial charge in [0.25, 0.3) is 11.1 Å². The average Bonchev–Trinajstić information content (AvgIpc) is 3.19. The van der Waals surface area contributed by atoms with E-state index in [4.69, 9.17) is 0 Å². The second-order valence-corrected chi connectivity index (χ2v) is 6.72. The quantitative estimate of drug-likeness (QED) is 0.819. The van der Waals surface area contributed by atoms with Crippen molar-refractivity contribution >= 4 is 51.0 Å². The zero-order valence-electron chi connectivity index (χ0n) is 12.5. The first-order chi connectivity index (χ1) is 11.6. The fourth-order valence-electron chi connectivity index (χ4n) is 2.13. The zero-order chi connectivity index (χ0) is 16.9. The van der Waals surface area contributed by atoms with Gasteiger partial charge in [-0.05, 0) is 18.2 Å². The summed E-state index contributed by atoms with van der Waals surface area (Å²) in [5.74, 6) is -0.296. The van der Waals surface area contributed by atoms with Crippen LogP contribution < -0.4 is 10.6 Å². The van der Waals surface area contributed by atoms with Gasteiger partial charge in [-0.15, -0.1) is 11.3 Å². The molecular formula is C15H14N4O3S2. The van der Waals surface area contributed by atoms with Gasteiger partial charge < -0.3 is 10.6 Å². The van der Waals surface area contributed by atoms with Gasteiger partial charge in [-0.1, -0.05) is 17.8 Å². The molecule has 0 aliphatic carbocycles. The van der Waals surface area contributed by atoms with Gasteiger partial charge in [0.2, 0.25) is 5.91 Å². The topological polar surface area (TPSA) is 91.4 Å². The Hall–Kier alpha value is -2.39. The van der Waals surface area contributed by atoms with Crippen molar-refractivity contribution in [3.05, 3.63) is 41.4 Å². The summed E-state index contributed by atoms with van der Waals surface area (Å²) < 4.78 is 0. The number of nitrogens with zero attached hydrogens (tertiary/aromatic N) is 2. The molecule has 2 N–H and O–H groups in total. The Bertz CT molecular complexity index is 748. The number of amides is 3. The number of hydrogen-bond donors (Lipinski definition) is 2. The van der Waals surface area contributed by atoms with Crippen LogP contribution in [0.4, 0.5) is 15.6 Å². The van der Waals surface area contributed by atoms with Gasteiger partial charge in [-0.2, -0.15) is 0 Å². The number of rotatable bonds is 6. The highest BCUT2D eigenvalue weighted by atomic mass is 32.2. The Balaban J connectivity index is 1.55. The van der Waals surface area contributed by atoms with Crippen molar-refractivity contribution in [2.75, 3.05) is 24.2 Å². The Kier molecular flexibility index (Phi) is 5.11. The van der Waals surface area contributed by atoms with E-state index in [1.165, 1.54) is 11.3 Å². The fraction of sp³-hybridized carbons (Fsp3) is 0.200. The van der Waals surface area contributed by atoms with Crippen LogP contribution in [0, 0.1) is 0 Å². The molecule has 3 rings (SSSR count). The zero-order valence-corrected chi connectivity index (χ0v) is 14.2. The van der Waals surface area contributed by atoms with Gasteiger partial charge in [0.15, 0.2) is 5.13 Å². The molecule has 1 aliphatic heterocycles. The van der Waals surface area contributed by atoms with E-state index in [0.29, 0.717) is 5.56 Å². The number of benzene rings is 1. The van der Waals surface area contributed by atoms with Crippen molar-refractivity contribution in [2.45, 2.75) is 0 Å². The van der Waals surface area contributed by atoms with Crippen LogP contribution in [0.2, 0.25) is 0 Å². The van der Waals surface area contributed by atoms with Crippen molar-refractivity contribution in [1.29, 1.82) is 0 Å². The van der Waals surface area contributed by atoms with E-state index >= 15 is 0 Å². The Morgan fingerprint density at radius 2 is 2.21 bits per heavy atom. The molecule has 24 heavy (non-hydrogen) atoms. The third-order valence-electron chi connectivity index (χ3n) is 3.27. The lowest BCUT2D eigenvalue weighted by Crippen LogP contribution is -2.37. The summed E-state index contributed by atoms with van der Waals surface area (Å²) in [5.41, 5.74) is 1.25. The SMILES string of the molecule is O=C(NCCN1C(=O)CSC1=O)c1cccc(Nc2nccs2)c1. The number of hydrogen-bond acceptors (Lipinski definition) is 7.